The number of nitriles is 1. The van der Waals surface area contributed by atoms with Crippen molar-refractivity contribution in [2.75, 3.05) is 6.79 Å². The summed E-state index contributed by atoms with van der Waals surface area (Å²) in [6.45, 7) is 2.34. The highest BCUT2D eigenvalue weighted by Gasteiger charge is 2.23. The maximum Gasteiger partial charge on any atom is 0.231 e. The molecule has 3 aromatic heterocycles. The highest BCUT2D eigenvalue weighted by atomic mass is 32.1. The second-order valence-corrected chi connectivity index (χ2v) is 8.04. The average molecular weight is 379 g/mol. The lowest BCUT2D eigenvalue weighted by molar-refractivity contribution is 0.174. The summed E-state index contributed by atoms with van der Waals surface area (Å²) in [5.41, 5.74) is 3.92. The monoisotopic (exact) mass is 379 g/mol. The van der Waals surface area contributed by atoms with Crippen LogP contribution in [0.4, 0.5) is 0 Å². The maximum atomic E-state index is 9.39. The Balaban J connectivity index is 1.78. The highest BCUT2D eigenvalue weighted by Crippen LogP contribution is 2.41. The Morgan fingerprint density at radius 2 is 2.15 bits per heavy atom. The third-order valence-electron chi connectivity index (χ3n) is 4.39. The largest absolute Gasteiger partial charge is 0.454 e. The number of hydrogen-bond donors (Lipinski definition) is 0. The summed E-state index contributed by atoms with van der Waals surface area (Å²) in [6.07, 6.45) is 0.308. The van der Waals surface area contributed by atoms with Crippen molar-refractivity contribution in [3.63, 3.8) is 0 Å². The number of nitrogens with zero attached hydrogens (tertiary/aromatic N) is 3. The molecule has 0 fully saturated rings. The molecule has 0 bridgehead atoms. The van der Waals surface area contributed by atoms with E-state index in [1.807, 2.05) is 35.7 Å². The van der Waals surface area contributed by atoms with Gasteiger partial charge >= 0.3 is 0 Å². The molecule has 4 aromatic rings. The van der Waals surface area contributed by atoms with Crippen molar-refractivity contribution in [1.29, 1.82) is 5.26 Å². The zero-order valence-electron chi connectivity index (χ0n) is 13.9. The molecule has 0 N–H and O–H groups in total. The van der Waals surface area contributed by atoms with Gasteiger partial charge < -0.3 is 9.47 Å². The first kappa shape index (κ1) is 15.4. The van der Waals surface area contributed by atoms with Crippen molar-refractivity contribution in [3.05, 3.63) is 46.3 Å². The highest BCUT2D eigenvalue weighted by molar-refractivity contribution is 7.17. The van der Waals surface area contributed by atoms with Crippen LogP contribution in [0.1, 0.15) is 10.6 Å². The van der Waals surface area contributed by atoms with Crippen molar-refractivity contribution in [2.24, 2.45) is 0 Å². The second kappa shape index (κ2) is 5.87. The van der Waals surface area contributed by atoms with Gasteiger partial charge in [-0.05, 0) is 36.6 Å². The van der Waals surface area contributed by atoms with E-state index in [-0.39, 0.29) is 6.79 Å². The van der Waals surface area contributed by atoms with Crippen LogP contribution in [-0.2, 0) is 6.42 Å². The molecule has 0 spiro atoms. The number of ether oxygens (including phenoxy) is 2. The zero-order valence-corrected chi connectivity index (χ0v) is 15.5. The van der Waals surface area contributed by atoms with Crippen molar-refractivity contribution < 1.29 is 9.47 Å². The molecule has 0 amide bonds. The Hall–Kier alpha value is -2.82. The van der Waals surface area contributed by atoms with Gasteiger partial charge in [0, 0.05) is 10.4 Å². The van der Waals surface area contributed by atoms with Crippen LogP contribution in [0.15, 0.2) is 35.7 Å². The fourth-order valence-electron chi connectivity index (χ4n) is 3.30. The molecular formula is C19H13N3O2S2. The molecule has 1 aromatic carbocycles. The van der Waals surface area contributed by atoms with Crippen LogP contribution in [0.2, 0.25) is 0 Å². The van der Waals surface area contributed by atoms with Crippen LogP contribution in [0.5, 0.6) is 11.5 Å². The average Bonchev–Trinajstić information content (AvgIpc) is 3.38. The number of rotatable bonds is 3. The number of thiazole rings is 1. The summed E-state index contributed by atoms with van der Waals surface area (Å²) in [4.78, 5) is 7.98. The van der Waals surface area contributed by atoms with Gasteiger partial charge in [0.15, 0.2) is 16.5 Å². The molecule has 26 heavy (non-hydrogen) atoms. The molecule has 128 valence electrons. The second-order valence-electron chi connectivity index (χ2n) is 5.91. The minimum Gasteiger partial charge on any atom is -0.454 e. The molecule has 0 unspecified atom stereocenters. The summed E-state index contributed by atoms with van der Waals surface area (Å²) < 4.78 is 13.1. The quantitative estimate of drug-likeness (QED) is 0.508. The van der Waals surface area contributed by atoms with Crippen LogP contribution in [0.25, 0.3) is 26.8 Å². The lowest BCUT2D eigenvalue weighted by Gasteiger charge is -2.07. The molecule has 1 aliphatic rings. The van der Waals surface area contributed by atoms with E-state index in [1.54, 1.807) is 22.7 Å². The van der Waals surface area contributed by atoms with Gasteiger partial charge in [-0.2, -0.15) is 5.26 Å². The first-order valence-electron chi connectivity index (χ1n) is 8.08. The molecule has 0 saturated carbocycles. The number of aryl methyl sites for hydroxylation is 1. The first-order valence-corrected chi connectivity index (χ1v) is 9.77. The van der Waals surface area contributed by atoms with Crippen molar-refractivity contribution in [2.45, 2.75) is 13.3 Å². The molecule has 0 aliphatic carbocycles. The number of imidazole rings is 1. The molecule has 0 saturated heterocycles. The number of benzene rings is 1. The van der Waals surface area contributed by atoms with Crippen LogP contribution >= 0.6 is 22.7 Å². The van der Waals surface area contributed by atoms with E-state index in [0.717, 1.165) is 48.9 Å². The number of aromatic nitrogens is 2. The molecule has 7 heteroatoms. The Kier molecular flexibility index (Phi) is 3.48. The van der Waals surface area contributed by atoms with Crippen molar-refractivity contribution in [3.8, 4) is 39.4 Å². The third-order valence-corrected chi connectivity index (χ3v) is 6.22. The van der Waals surface area contributed by atoms with E-state index in [0.29, 0.717) is 6.42 Å². The van der Waals surface area contributed by atoms with Crippen molar-refractivity contribution in [1.82, 2.24) is 9.38 Å². The molecule has 1 aliphatic heterocycles. The van der Waals surface area contributed by atoms with E-state index in [4.69, 9.17) is 14.5 Å². The Morgan fingerprint density at radius 1 is 1.27 bits per heavy atom. The summed E-state index contributed by atoms with van der Waals surface area (Å²) in [6, 6.07) is 12.3. The summed E-state index contributed by atoms with van der Waals surface area (Å²) in [5.74, 6) is 1.52. The summed E-state index contributed by atoms with van der Waals surface area (Å²) in [5, 5.41) is 11.4. The van der Waals surface area contributed by atoms with Crippen LogP contribution in [-0.4, -0.2) is 16.2 Å². The van der Waals surface area contributed by atoms with Gasteiger partial charge in [0.05, 0.1) is 28.8 Å². The van der Waals surface area contributed by atoms with Gasteiger partial charge in [-0.1, -0.05) is 6.07 Å². The Bertz CT molecular complexity index is 1170. The number of hydrogen-bond acceptors (Lipinski definition) is 6. The van der Waals surface area contributed by atoms with Gasteiger partial charge in [0.1, 0.15) is 5.69 Å². The maximum absolute atomic E-state index is 9.39. The molecule has 0 atom stereocenters. The van der Waals surface area contributed by atoms with Gasteiger partial charge in [0.2, 0.25) is 6.79 Å². The molecular weight excluding hydrogens is 366 g/mol. The van der Waals surface area contributed by atoms with E-state index in [9.17, 15) is 5.26 Å². The SMILES string of the molecule is Cc1sc2nc(-c3cccs3)c(CC#N)n2c1-c1ccc2c(c1)OCO2. The topological polar surface area (TPSA) is 59.6 Å². The Labute approximate surface area is 157 Å². The lowest BCUT2D eigenvalue weighted by Crippen LogP contribution is -1.96. The smallest absolute Gasteiger partial charge is 0.231 e. The zero-order chi connectivity index (χ0) is 17.7. The number of thiophene rings is 1. The predicted octanol–water partition coefficient (Wildman–Crippen LogP) is 4.89. The van der Waals surface area contributed by atoms with E-state index in [2.05, 4.69) is 17.4 Å². The third kappa shape index (κ3) is 2.23. The molecule has 5 rings (SSSR count). The van der Waals surface area contributed by atoms with Gasteiger partial charge in [0.25, 0.3) is 0 Å². The fourth-order valence-corrected chi connectivity index (χ4v) is 5.04. The fraction of sp³-hybridized carbons (Fsp3) is 0.158. The van der Waals surface area contributed by atoms with Crippen LogP contribution in [0, 0.1) is 18.3 Å². The van der Waals surface area contributed by atoms with Gasteiger partial charge in [-0.25, -0.2) is 4.98 Å². The van der Waals surface area contributed by atoms with Crippen molar-refractivity contribution >= 4 is 27.6 Å². The normalized spacial score (nSPS) is 12.6. The van der Waals surface area contributed by atoms with E-state index >= 15 is 0 Å². The van der Waals surface area contributed by atoms with E-state index in [1.165, 1.54) is 0 Å². The summed E-state index contributed by atoms with van der Waals surface area (Å²) >= 11 is 3.28. The first-order chi connectivity index (χ1) is 12.8. The van der Waals surface area contributed by atoms with Gasteiger partial charge in [-0.15, -0.1) is 22.7 Å². The lowest BCUT2D eigenvalue weighted by atomic mass is 10.1. The molecule has 5 nitrogen and oxygen atoms in total. The van der Waals surface area contributed by atoms with E-state index < -0.39 is 0 Å². The minimum atomic E-state index is 0.254. The van der Waals surface area contributed by atoms with Gasteiger partial charge in [-0.3, -0.25) is 4.40 Å². The molecule has 0 radical (unpaired) electrons. The van der Waals surface area contributed by atoms with Crippen LogP contribution < -0.4 is 9.47 Å². The predicted molar refractivity (Wildman–Crippen MR) is 102 cm³/mol. The molecule has 4 heterocycles. The summed E-state index contributed by atoms with van der Waals surface area (Å²) in [7, 11) is 0. The minimum absolute atomic E-state index is 0.254. The number of fused-ring (bicyclic) bond motifs is 2. The standard InChI is InChI=1S/C19H13N3O2S2/c1-11-18(12-4-5-14-15(9-12)24-10-23-14)22-13(6-7-20)17(21-19(22)26-11)16-3-2-8-25-16/h2-5,8-9H,6,10H2,1H3. The van der Waals surface area contributed by atoms with Crippen LogP contribution in [0.3, 0.4) is 0 Å². The Morgan fingerprint density at radius 3 is 2.96 bits per heavy atom.